The normalized spacial score (nSPS) is 16.4. The van der Waals surface area contributed by atoms with E-state index in [9.17, 15) is 22.8 Å². The van der Waals surface area contributed by atoms with Gasteiger partial charge in [0.25, 0.3) is 5.91 Å². The lowest BCUT2D eigenvalue weighted by molar-refractivity contribution is -0.130. The Kier molecular flexibility index (Phi) is 6.48. The lowest BCUT2D eigenvalue weighted by atomic mass is 10.1. The number of nitrogens with two attached hydrogens (primary N) is 1. The van der Waals surface area contributed by atoms with Gasteiger partial charge in [-0.3, -0.25) is 14.5 Å². The van der Waals surface area contributed by atoms with Gasteiger partial charge < -0.3 is 10.6 Å². The van der Waals surface area contributed by atoms with Gasteiger partial charge in [-0.1, -0.05) is 42.5 Å². The second-order valence-corrected chi connectivity index (χ2v) is 8.46. The van der Waals surface area contributed by atoms with Crippen molar-refractivity contribution in [3.63, 3.8) is 0 Å². The number of rotatable bonds is 8. The highest BCUT2D eigenvalue weighted by molar-refractivity contribution is 7.89. The summed E-state index contributed by atoms with van der Waals surface area (Å²) in [6.45, 7) is 0.388. The maximum atomic E-state index is 12.5. The molecular weight excluding hydrogens is 408 g/mol. The molecule has 158 valence electrons. The van der Waals surface area contributed by atoms with Crippen LogP contribution in [0, 0.1) is 0 Å². The topological polar surface area (TPSA) is 139 Å². The number of imide groups is 1. The van der Waals surface area contributed by atoms with Crippen LogP contribution in [0.3, 0.4) is 0 Å². The van der Waals surface area contributed by atoms with Gasteiger partial charge in [0.15, 0.2) is 0 Å². The second-order valence-electron chi connectivity index (χ2n) is 6.90. The van der Waals surface area contributed by atoms with Gasteiger partial charge in [0, 0.05) is 13.1 Å². The number of nitrogens with one attached hydrogen (secondary N) is 2. The van der Waals surface area contributed by atoms with Gasteiger partial charge >= 0.3 is 6.03 Å². The van der Waals surface area contributed by atoms with E-state index in [1.54, 1.807) is 0 Å². The Hall–Kier alpha value is -3.24. The molecule has 2 aromatic rings. The number of primary sulfonamides is 1. The fraction of sp³-hybridized carbons (Fsp3) is 0.250. The molecule has 0 unspecified atom stereocenters. The molecule has 1 saturated heterocycles. The highest BCUT2D eigenvalue weighted by Crippen LogP contribution is 2.12. The van der Waals surface area contributed by atoms with Crippen molar-refractivity contribution < 1.29 is 22.8 Å². The van der Waals surface area contributed by atoms with Crippen LogP contribution < -0.4 is 15.8 Å². The van der Waals surface area contributed by atoms with E-state index in [0.717, 1.165) is 10.5 Å². The summed E-state index contributed by atoms with van der Waals surface area (Å²) in [7, 11) is -3.78. The molecule has 1 atom stereocenters. The van der Waals surface area contributed by atoms with E-state index in [1.165, 1.54) is 24.3 Å². The van der Waals surface area contributed by atoms with Crippen LogP contribution in [0.2, 0.25) is 0 Å². The highest BCUT2D eigenvalue weighted by Gasteiger charge is 2.38. The Bertz CT molecular complexity index is 1040. The van der Waals surface area contributed by atoms with Gasteiger partial charge in [0.05, 0.1) is 11.3 Å². The fourth-order valence-electron chi connectivity index (χ4n) is 3.07. The molecule has 0 aromatic heterocycles. The van der Waals surface area contributed by atoms with Crippen LogP contribution in [0.5, 0.6) is 0 Å². The molecule has 2 aromatic carbocycles. The smallest absolute Gasteiger partial charge is 0.324 e. The SMILES string of the molecule is NS(=O)(=O)c1ccc(CNC(=O)C[C@@H]2NC(=O)N(CCc3ccccc3)C2=O)cc1. The minimum absolute atomic E-state index is 0.0209. The van der Waals surface area contributed by atoms with E-state index >= 15 is 0 Å². The van der Waals surface area contributed by atoms with Gasteiger partial charge in [-0.25, -0.2) is 18.4 Å². The number of hydrogen-bond acceptors (Lipinski definition) is 5. The first-order valence-electron chi connectivity index (χ1n) is 9.28. The molecule has 3 rings (SSSR count). The number of nitrogens with zero attached hydrogens (tertiary/aromatic N) is 1. The molecule has 4 N–H and O–H groups in total. The van der Waals surface area contributed by atoms with Gasteiger partial charge in [0.2, 0.25) is 15.9 Å². The van der Waals surface area contributed by atoms with E-state index in [4.69, 9.17) is 5.14 Å². The van der Waals surface area contributed by atoms with Crippen molar-refractivity contribution in [3.05, 3.63) is 65.7 Å². The van der Waals surface area contributed by atoms with Crippen LogP contribution in [0.15, 0.2) is 59.5 Å². The van der Waals surface area contributed by atoms with Crippen molar-refractivity contribution in [2.24, 2.45) is 5.14 Å². The number of carbonyl (C=O) groups is 3. The van der Waals surface area contributed by atoms with Gasteiger partial charge in [-0.2, -0.15) is 0 Å². The molecule has 0 radical (unpaired) electrons. The van der Waals surface area contributed by atoms with Crippen LogP contribution >= 0.6 is 0 Å². The zero-order chi connectivity index (χ0) is 21.7. The fourth-order valence-corrected chi connectivity index (χ4v) is 3.58. The second kappa shape index (κ2) is 9.06. The molecule has 0 aliphatic carbocycles. The molecule has 0 bridgehead atoms. The number of hydrogen-bond donors (Lipinski definition) is 3. The van der Waals surface area contributed by atoms with E-state index in [-0.39, 0.29) is 24.4 Å². The molecule has 1 fully saturated rings. The molecule has 0 spiro atoms. The van der Waals surface area contributed by atoms with Gasteiger partial charge in [-0.15, -0.1) is 0 Å². The first-order valence-corrected chi connectivity index (χ1v) is 10.8. The molecule has 30 heavy (non-hydrogen) atoms. The lowest BCUT2D eigenvalue weighted by Gasteiger charge is -2.13. The zero-order valence-electron chi connectivity index (χ0n) is 16.1. The lowest BCUT2D eigenvalue weighted by Crippen LogP contribution is -2.36. The Labute approximate surface area is 174 Å². The maximum Gasteiger partial charge on any atom is 0.324 e. The number of amides is 4. The minimum atomic E-state index is -3.78. The van der Waals surface area contributed by atoms with Gasteiger partial charge in [0.1, 0.15) is 6.04 Å². The Balaban J connectivity index is 1.49. The highest BCUT2D eigenvalue weighted by atomic mass is 32.2. The molecule has 10 heteroatoms. The van der Waals surface area contributed by atoms with Crippen molar-refractivity contribution in [1.82, 2.24) is 15.5 Å². The average Bonchev–Trinajstić information content (AvgIpc) is 2.98. The molecule has 1 aliphatic rings. The molecule has 0 saturated carbocycles. The van der Waals surface area contributed by atoms with E-state index in [0.29, 0.717) is 12.0 Å². The van der Waals surface area contributed by atoms with Crippen molar-refractivity contribution in [3.8, 4) is 0 Å². The zero-order valence-corrected chi connectivity index (χ0v) is 16.9. The van der Waals surface area contributed by atoms with Crippen molar-refractivity contribution >= 4 is 27.9 Å². The first kappa shape index (κ1) is 21.5. The summed E-state index contributed by atoms with van der Waals surface area (Å²) in [6, 6.07) is 13.8. The summed E-state index contributed by atoms with van der Waals surface area (Å²) in [5, 5.41) is 10.2. The van der Waals surface area contributed by atoms with Crippen LogP contribution in [0.25, 0.3) is 0 Å². The third kappa shape index (κ3) is 5.43. The average molecular weight is 430 g/mol. The Morgan fingerprint density at radius 3 is 2.33 bits per heavy atom. The van der Waals surface area contributed by atoms with E-state index < -0.39 is 33.9 Å². The quantitative estimate of drug-likeness (QED) is 0.524. The number of sulfonamides is 1. The predicted octanol–water partition coefficient (Wildman–Crippen LogP) is 0.503. The summed E-state index contributed by atoms with van der Waals surface area (Å²) in [4.78, 5) is 37.9. The van der Waals surface area contributed by atoms with Crippen LogP contribution in [-0.4, -0.2) is 43.7 Å². The Morgan fingerprint density at radius 2 is 1.70 bits per heavy atom. The third-order valence-electron chi connectivity index (χ3n) is 4.70. The summed E-state index contributed by atoms with van der Waals surface area (Å²) in [5.74, 6) is -0.835. The third-order valence-corrected chi connectivity index (χ3v) is 5.63. The maximum absolute atomic E-state index is 12.5. The van der Waals surface area contributed by atoms with Crippen LogP contribution in [0.4, 0.5) is 4.79 Å². The summed E-state index contributed by atoms with van der Waals surface area (Å²) in [5.41, 5.74) is 1.68. The molecule has 1 aliphatic heterocycles. The summed E-state index contributed by atoms with van der Waals surface area (Å²) >= 11 is 0. The summed E-state index contributed by atoms with van der Waals surface area (Å²) in [6.07, 6.45) is 0.356. The van der Waals surface area contributed by atoms with E-state index in [1.807, 2.05) is 30.3 Å². The van der Waals surface area contributed by atoms with Crippen LogP contribution in [0.1, 0.15) is 17.5 Å². The van der Waals surface area contributed by atoms with Crippen molar-refractivity contribution in [1.29, 1.82) is 0 Å². The largest absolute Gasteiger partial charge is 0.352 e. The summed E-state index contributed by atoms with van der Waals surface area (Å²) < 4.78 is 22.5. The van der Waals surface area contributed by atoms with Crippen molar-refractivity contribution in [2.45, 2.75) is 30.3 Å². The standard InChI is InChI=1S/C20H22N4O5S/c21-30(28,29)16-8-6-15(7-9-16)13-22-18(25)12-17-19(26)24(20(27)23-17)11-10-14-4-2-1-3-5-14/h1-9,17H,10-13H2,(H,22,25)(H,23,27)(H2,21,28,29)/t17-/m0/s1. The first-order chi connectivity index (χ1) is 14.2. The number of benzene rings is 2. The monoisotopic (exact) mass is 430 g/mol. The van der Waals surface area contributed by atoms with Crippen molar-refractivity contribution in [2.75, 3.05) is 6.54 Å². The molecule has 1 heterocycles. The molecule has 4 amide bonds. The minimum Gasteiger partial charge on any atom is -0.352 e. The number of urea groups is 1. The molecular formula is C20H22N4O5S. The molecule has 9 nitrogen and oxygen atoms in total. The van der Waals surface area contributed by atoms with Crippen LogP contribution in [-0.2, 0) is 32.6 Å². The Morgan fingerprint density at radius 1 is 1.03 bits per heavy atom. The predicted molar refractivity (Wildman–Crippen MR) is 108 cm³/mol. The van der Waals surface area contributed by atoms with Gasteiger partial charge in [-0.05, 0) is 29.7 Å². The number of carbonyl (C=O) groups excluding carboxylic acids is 3. The van der Waals surface area contributed by atoms with E-state index in [2.05, 4.69) is 10.6 Å².